The molecule has 0 atom stereocenters. The lowest BCUT2D eigenvalue weighted by molar-refractivity contribution is -0.128. The summed E-state index contributed by atoms with van der Waals surface area (Å²) < 4.78 is 2.11. The lowest BCUT2D eigenvalue weighted by atomic mass is 9.96. The summed E-state index contributed by atoms with van der Waals surface area (Å²) in [6.45, 7) is 7.47. The lowest BCUT2D eigenvalue weighted by Gasteiger charge is -2.17. The largest absolute Gasteiger partial charge is 0.356 e. The molecule has 15 heavy (non-hydrogen) atoms. The predicted molar refractivity (Wildman–Crippen MR) is 61.5 cm³/mol. The fourth-order valence-electron chi connectivity index (χ4n) is 1.25. The number of hydrogen-bond donors (Lipinski definition) is 1. The number of nitrogens with zero attached hydrogens (tertiary/aromatic N) is 1. The van der Waals surface area contributed by atoms with Gasteiger partial charge in [-0.05, 0) is 18.6 Å². The summed E-state index contributed by atoms with van der Waals surface area (Å²) in [7, 11) is 0. The number of rotatable bonds is 4. The first kappa shape index (κ1) is 11.8. The van der Waals surface area contributed by atoms with E-state index in [-0.39, 0.29) is 11.3 Å². The molecule has 0 aliphatic heterocycles. The Balaban J connectivity index is 2.15. The van der Waals surface area contributed by atoms with Crippen LogP contribution in [-0.2, 0) is 11.3 Å². The van der Waals surface area contributed by atoms with Crippen LogP contribution >= 0.6 is 0 Å². The minimum absolute atomic E-state index is 0.120. The highest BCUT2D eigenvalue weighted by molar-refractivity contribution is 5.81. The van der Waals surface area contributed by atoms with E-state index in [2.05, 4.69) is 9.88 Å². The molecular formula is C12H20N2O. The van der Waals surface area contributed by atoms with Gasteiger partial charge in [0.2, 0.25) is 5.91 Å². The van der Waals surface area contributed by atoms with Crippen LogP contribution in [0, 0.1) is 5.41 Å². The monoisotopic (exact) mass is 208 g/mol. The van der Waals surface area contributed by atoms with Gasteiger partial charge in [0.05, 0.1) is 0 Å². The Bertz CT molecular complexity index is 296. The van der Waals surface area contributed by atoms with E-state index in [1.807, 2.05) is 45.3 Å². The molecule has 1 amide bonds. The van der Waals surface area contributed by atoms with E-state index >= 15 is 0 Å². The number of carbonyl (C=O) groups is 1. The van der Waals surface area contributed by atoms with Crippen molar-refractivity contribution in [1.82, 2.24) is 9.88 Å². The second-order valence-corrected chi connectivity index (χ2v) is 4.78. The van der Waals surface area contributed by atoms with Crippen LogP contribution in [0.25, 0.3) is 0 Å². The Kier molecular flexibility index (Phi) is 3.95. The quantitative estimate of drug-likeness (QED) is 0.755. The van der Waals surface area contributed by atoms with Crippen LogP contribution in [0.5, 0.6) is 0 Å². The minimum Gasteiger partial charge on any atom is -0.356 e. The molecule has 0 bridgehead atoms. The molecule has 84 valence electrons. The number of carbonyl (C=O) groups excluding carboxylic acids is 1. The molecule has 0 fully saturated rings. The molecule has 3 nitrogen and oxygen atoms in total. The van der Waals surface area contributed by atoms with Gasteiger partial charge in [0, 0.05) is 30.9 Å². The van der Waals surface area contributed by atoms with E-state index in [0.29, 0.717) is 0 Å². The molecule has 1 aromatic rings. The van der Waals surface area contributed by atoms with Crippen molar-refractivity contribution in [1.29, 1.82) is 0 Å². The van der Waals surface area contributed by atoms with E-state index in [1.165, 1.54) is 0 Å². The van der Waals surface area contributed by atoms with Crippen LogP contribution in [0.2, 0.25) is 0 Å². The fraction of sp³-hybridized carbons (Fsp3) is 0.583. The van der Waals surface area contributed by atoms with Crippen molar-refractivity contribution in [2.75, 3.05) is 6.54 Å². The van der Waals surface area contributed by atoms with Crippen molar-refractivity contribution in [3.05, 3.63) is 24.5 Å². The van der Waals surface area contributed by atoms with Gasteiger partial charge in [-0.25, -0.2) is 0 Å². The molecule has 1 aromatic heterocycles. The second kappa shape index (κ2) is 5.01. The Hall–Kier alpha value is -1.25. The Morgan fingerprint density at radius 2 is 1.87 bits per heavy atom. The molecular weight excluding hydrogens is 188 g/mol. The standard InChI is InChI=1S/C12H20N2O/c1-12(2,3)11(15)13-7-6-10-14-8-4-5-9-14/h4-5,8-9H,6-7,10H2,1-3H3,(H,13,15). The van der Waals surface area contributed by atoms with Crippen molar-refractivity contribution in [2.45, 2.75) is 33.7 Å². The van der Waals surface area contributed by atoms with Gasteiger partial charge in [-0.2, -0.15) is 0 Å². The molecule has 0 spiro atoms. The van der Waals surface area contributed by atoms with Crippen LogP contribution in [0.1, 0.15) is 27.2 Å². The average molecular weight is 208 g/mol. The van der Waals surface area contributed by atoms with Crippen LogP contribution in [0.15, 0.2) is 24.5 Å². The van der Waals surface area contributed by atoms with Gasteiger partial charge >= 0.3 is 0 Å². The highest BCUT2D eigenvalue weighted by Gasteiger charge is 2.19. The Labute approximate surface area is 91.5 Å². The summed E-state index contributed by atoms with van der Waals surface area (Å²) in [6, 6.07) is 4.02. The highest BCUT2D eigenvalue weighted by atomic mass is 16.2. The molecule has 0 saturated carbocycles. The van der Waals surface area contributed by atoms with Crippen molar-refractivity contribution >= 4 is 5.91 Å². The normalized spacial score (nSPS) is 11.4. The first-order chi connectivity index (χ1) is 7.00. The van der Waals surface area contributed by atoms with Gasteiger partial charge in [0.25, 0.3) is 0 Å². The minimum atomic E-state index is -0.284. The zero-order valence-electron chi connectivity index (χ0n) is 9.79. The predicted octanol–water partition coefficient (Wildman–Crippen LogP) is 2.04. The third-order valence-corrected chi connectivity index (χ3v) is 2.23. The number of aromatic nitrogens is 1. The Morgan fingerprint density at radius 1 is 1.27 bits per heavy atom. The van der Waals surface area contributed by atoms with Crippen LogP contribution < -0.4 is 5.32 Å². The lowest BCUT2D eigenvalue weighted by Crippen LogP contribution is -2.35. The summed E-state index contributed by atoms with van der Waals surface area (Å²) in [4.78, 5) is 11.5. The van der Waals surface area contributed by atoms with Crippen molar-refractivity contribution in [3.8, 4) is 0 Å². The van der Waals surface area contributed by atoms with Crippen molar-refractivity contribution in [3.63, 3.8) is 0 Å². The average Bonchev–Trinajstić information content (AvgIpc) is 2.63. The summed E-state index contributed by atoms with van der Waals surface area (Å²) in [6.07, 6.45) is 5.04. The van der Waals surface area contributed by atoms with E-state index in [0.717, 1.165) is 19.5 Å². The summed E-state index contributed by atoms with van der Waals surface area (Å²) >= 11 is 0. The first-order valence-corrected chi connectivity index (χ1v) is 5.39. The molecule has 1 N–H and O–H groups in total. The molecule has 0 aliphatic rings. The molecule has 0 unspecified atom stereocenters. The maximum atomic E-state index is 11.5. The van der Waals surface area contributed by atoms with Crippen molar-refractivity contribution < 1.29 is 4.79 Å². The third kappa shape index (κ3) is 4.19. The highest BCUT2D eigenvalue weighted by Crippen LogP contribution is 2.12. The van der Waals surface area contributed by atoms with E-state index < -0.39 is 0 Å². The van der Waals surface area contributed by atoms with Crippen LogP contribution in [0.4, 0.5) is 0 Å². The third-order valence-electron chi connectivity index (χ3n) is 2.23. The van der Waals surface area contributed by atoms with Crippen molar-refractivity contribution in [2.24, 2.45) is 5.41 Å². The van der Waals surface area contributed by atoms with Gasteiger partial charge in [0.1, 0.15) is 0 Å². The van der Waals surface area contributed by atoms with Gasteiger partial charge in [0.15, 0.2) is 0 Å². The molecule has 1 rings (SSSR count). The summed E-state index contributed by atoms with van der Waals surface area (Å²) in [5.41, 5.74) is -0.284. The number of amides is 1. The first-order valence-electron chi connectivity index (χ1n) is 5.39. The SMILES string of the molecule is CC(C)(C)C(=O)NCCCn1cccc1. The Morgan fingerprint density at radius 3 is 2.40 bits per heavy atom. The van der Waals surface area contributed by atoms with E-state index in [9.17, 15) is 4.79 Å². The molecule has 0 saturated heterocycles. The topological polar surface area (TPSA) is 34.0 Å². The number of aryl methyl sites for hydroxylation is 1. The number of hydrogen-bond acceptors (Lipinski definition) is 1. The molecule has 1 heterocycles. The zero-order chi connectivity index (χ0) is 11.3. The van der Waals surface area contributed by atoms with E-state index in [4.69, 9.17) is 0 Å². The molecule has 0 radical (unpaired) electrons. The van der Waals surface area contributed by atoms with Crippen LogP contribution in [-0.4, -0.2) is 17.0 Å². The smallest absolute Gasteiger partial charge is 0.225 e. The van der Waals surface area contributed by atoms with Gasteiger partial charge < -0.3 is 9.88 Å². The fourth-order valence-corrected chi connectivity index (χ4v) is 1.25. The van der Waals surface area contributed by atoms with E-state index in [1.54, 1.807) is 0 Å². The summed E-state index contributed by atoms with van der Waals surface area (Å²) in [5.74, 6) is 0.120. The number of nitrogens with one attached hydrogen (secondary N) is 1. The van der Waals surface area contributed by atoms with Crippen LogP contribution in [0.3, 0.4) is 0 Å². The maximum Gasteiger partial charge on any atom is 0.225 e. The molecule has 0 aromatic carbocycles. The van der Waals surface area contributed by atoms with Gasteiger partial charge in [-0.1, -0.05) is 20.8 Å². The second-order valence-electron chi connectivity index (χ2n) is 4.78. The maximum absolute atomic E-state index is 11.5. The van der Waals surface area contributed by atoms with Gasteiger partial charge in [-0.15, -0.1) is 0 Å². The molecule has 0 aliphatic carbocycles. The zero-order valence-corrected chi connectivity index (χ0v) is 9.79. The molecule has 3 heteroatoms. The van der Waals surface area contributed by atoms with Gasteiger partial charge in [-0.3, -0.25) is 4.79 Å². The summed E-state index contributed by atoms with van der Waals surface area (Å²) in [5, 5.41) is 2.93.